The van der Waals surface area contributed by atoms with Crippen LogP contribution in [0, 0.1) is 0 Å². The maximum atomic E-state index is 11.5. The van der Waals surface area contributed by atoms with Gasteiger partial charge >= 0.3 is 0 Å². The predicted molar refractivity (Wildman–Crippen MR) is 308 cm³/mol. The van der Waals surface area contributed by atoms with Crippen LogP contribution < -0.4 is 54.6 Å². The van der Waals surface area contributed by atoms with Crippen molar-refractivity contribution in [2.24, 2.45) is 0 Å². The highest BCUT2D eigenvalue weighted by Gasteiger charge is 2.46. The molecule has 0 aliphatic heterocycles. The summed E-state index contributed by atoms with van der Waals surface area (Å²) in [6, 6.07) is 40.4. The van der Waals surface area contributed by atoms with Gasteiger partial charge in [-0.1, -0.05) is 94.6 Å². The molecule has 0 aliphatic carbocycles. The predicted octanol–water partition coefficient (Wildman–Crippen LogP) is -9.37. The number of benzene rings is 8. The van der Waals surface area contributed by atoms with E-state index in [1.54, 1.807) is 4.57 Å². The lowest BCUT2D eigenvalue weighted by Crippen LogP contribution is -2.55. The average molecular weight is 817 g/mol. The third kappa shape index (κ3) is 6.73. The summed E-state index contributed by atoms with van der Waals surface area (Å²) < 4.78 is 1.75. The molecular formula is C47H46B12N2O3. The summed E-state index contributed by atoms with van der Waals surface area (Å²) in [6.07, 6.45) is 0. The second-order valence-electron chi connectivity index (χ2n) is 18.7. The summed E-state index contributed by atoms with van der Waals surface area (Å²) in [5.41, 5.74) is 24.7. The molecule has 0 saturated carbocycles. The lowest BCUT2D eigenvalue weighted by atomic mass is 9.59. The topological polar surface area (TPSA) is 78.5 Å². The highest BCUT2D eigenvalue weighted by molar-refractivity contribution is 6.70. The van der Waals surface area contributed by atoms with Gasteiger partial charge in [-0.05, 0) is 109 Å². The number of rotatable bonds is 7. The van der Waals surface area contributed by atoms with Crippen LogP contribution in [0.3, 0.4) is 0 Å². The molecule has 9 rings (SSSR count). The SMILES string of the molecule is Bc1c(B)c(B)c(-c2cc(-c3c(B)c(B)c(B)c(B)c3B)cc(-c3c4ccccc4c(-c4cccc(-n5c(C(O)(O)C(B)(B)O)nc6ccccc65)c4)c4ccccc34)c2)c(B)c1B. The number of aromatic nitrogens is 2. The van der Waals surface area contributed by atoms with Crippen molar-refractivity contribution in [3.63, 3.8) is 0 Å². The van der Waals surface area contributed by atoms with E-state index in [0.717, 1.165) is 38.2 Å². The Morgan fingerprint density at radius 3 is 1.20 bits per heavy atom. The molecule has 0 saturated heterocycles. The van der Waals surface area contributed by atoms with Gasteiger partial charge in [0.15, 0.2) is 5.82 Å². The molecule has 0 radical (unpaired) electrons. The molecule has 0 unspecified atom stereocenters. The van der Waals surface area contributed by atoms with Crippen molar-refractivity contribution in [2.75, 3.05) is 0 Å². The molecule has 5 nitrogen and oxygen atoms in total. The van der Waals surface area contributed by atoms with Gasteiger partial charge in [-0.15, -0.1) is 32.8 Å². The van der Waals surface area contributed by atoms with Crippen LogP contribution in [0.2, 0.25) is 0 Å². The normalized spacial score (nSPS) is 12.1. The molecule has 0 amide bonds. The number of fused-ring (bicyclic) bond motifs is 3. The molecule has 0 bridgehead atoms. The first kappa shape index (κ1) is 43.7. The smallest absolute Gasteiger partial charge is 0.237 e. The van der Waals surface area contributed by atoms with E-state index >= 15 is 0 Å². The van der Waals surface area contributed by atoms with Gasteiger partial charge < -0.3 is 15.3 Å². The number of imidazole rings is 1. The number of aliphatic hydroxyl groups is 3. The van der Waals surface area contributed by atoms with E-state index in [1.807, 2.05) is 36.4 Å². The minimum Gasteiger partial charge on any atom is -0.402 e. The number of para-hydroxylation sites is 2. The Hall–Kier alpha value is -5.59. The fraction of sp³-hybridized carbons (Fsp3) is 0.0426. The van der Waals surface area contributed by atoms with Crippen LogP contribution in [0.5, 0.6) is 0 Å². The number of nitrogens with zero attached hydrogens (tertiary/aromatic N) is 2. The van der Waals surface area contributed by atoms with Crippen LogP contribution >= 0.6 is 0 Å². The summed E-state index contributed by atoms with van der Waals surface area (Å²) in [6.45, 7) is 0. The van der Waals surface area contributed by atoms with Gasteiger partial charge in [0.2, 0.25) is 5.79 Å². The Kier molecular flexibility index (Phi) is 10.8. The quantitative estimate of drug-likeness (QED) is 0.0850. The highest BCUT2D eigenvalue weighted by atomic mass is 16.5. The molecule has 298 valence electrons. The summed E-state index contributed by atoms with van der Waals surface area (Å²) in [4.78, 5) is 4.68. The van der Waals surface area contributed by atoms with Gasteiger partial charge in [-0.3, -0.25) is 4.57 Å². The lowest BCUT2D eigenvalue weighted by molar-refractivity contribution is -0.231. The lowest BCUT2D eigenvalue weighted by Gasteiger charge is -2.33. The van der Waals surface area contributed by atoms with E-state index in [4.69, 9.17) is 0 Å². The molecule has 64 heavy (non-hydrogen) atoms. The summed E-state index contributed by atoms with van der Waals surface area (Å²) in [5.74, 6) is -2.72. The molecule has 1 heterocycles. The van der Waals surface area contributed by atoms with Crippen LogP contribution in [0.15, 0.2) is 115 Å². The summed E-state index contributed by atoms with van der Waals surface area (Å²) in [7, 11) is 25.4. The Balaban J connectivity index is 1.36. The molecule has 17 heteroatoms. The van der Waals surface area contributed by atoms with Crippen LogP contribution in [0.25, 0.3) is 82.8 Å². The molecule has 0 fully saturated rings. The molecule has 3 N–H and O–H groups in total. The van der Waals surface area contributed by atoms with Crippen molar-refractivity contribution >= 4 is 181 Å². The van der Waals surface area contributed by atoms with Gasteiger partial charge in [0, 0.05) is 5.69 Å². The van der Waals surface area contributed by atoms with Gasteiger partial charge in [0.1, 0.15) is 94.2 Å². The van der Waals surface area contributed by atoms with E-state index < -0.39 is 11.2 Å². The molecule has 8 aromatic carbocycles. The van der Waals surface area contributed by atoms with Gasteiger partial charge in [-0.2, -0.15) is 0 Å². The minimum atomic E-state index is -2.66. The van der Waals surface area contributed by atoms with Gasteiger partial charge in [-0.25, -0.2) is 4.98 Å². The van der Waals surface area contributed by atoms with E-state index in [2.05, 4.69) is 162 Å². The first-order chi connectivity index (χ1) is 30.3. The third-order valence-electron chi connectivity index (χ3n) is 14.8. The monoisotopic (exact) mass is 818 g/mol. The first-order valence-electron chi connectivity index (χ1n) is 22.3. The van der Waals surface area contributed by atoms with Crippen molar-refractivity contribution in [1.29, 1.82) is 0 Å². The van der Waals surface area contributed by atoms with Crippen LogP contribution in [0.1, 0.15) is 5.82 Å². The number of hydrogen-bond acceptors (Lipinski definition) is 4. The van der Waals surface area contributed by atoms with E-state index in [-0.39, 0.29) is 5.82 Å². The second-order valence-corrected chi connectivity index (χ2v) is 18.7. The van der Waals surface area contributed by atoms with Crippen molar-refractivity contribution in [2.45, 2.75) is 11.2 Å². The Morgan fingerprint density at radius 1 is 0.391 bits per heavy atom. The van der Waals surface area contributed by atoms with Crippen molar-refractivity contribution in [3.8, 4) is 50.2 Å². The fourth-order valence-corrected chi connectivity index (χ4v) is 10.3. The zero-order valence-corrected chi connectivity index (χ0v) is 39.2. The van der Waals surface area contributed by atoms with E-state index in [9.17, 15) is 15.3 Å². The molecule has 9 aromatic rings. The van der Waals surface area contributed by atoms with Gasteiger partial charge in [0.05, 0.1) is 16.4 Å². The van der Waals surface area contributed by atoms with Gasteiger partial charge in [0.25, 0.3) is 0 Å². The number of hydrogen-bond donors (Lipinski definition) is 3. The van der Waals surface area contributed by atoms with E-state index in [0.29, 0.717) is 16.7 Å². The fourth-order valence-electron chi connectivity index (χ4n) is 10.3. The molecule has 0 spiro atoms. The zero-order valence-electron chi connectivity index (χ0n) is 39.2. The largest absolute Gasteiger partial charge is 0.402 e. The highest BCUT2D eigenvalue weighted by Crippen LogP contribution is 2.45. The maximum absolute atomic E-state index is 11.5. The third-order valence-corrected chi connectivity index (χ3v) is 14.8. The van der Waals surface area contributed by atoms with Crippen molar-refractivity contribution in [3.05, 3.63) is 121 Å². The minimum absolute atomic E-state index is 0.0621. The first-order valence-corrected chi connectivity index (χ1v) is 22.3. The Labute approximate surface area is 386 Å². The Morgan fingerprint density at radius 2 is 0.766 bits per heavy atom. The van der Waals surface area contributed by atoms with Crippen molar-refractivity contribution in [1.82, 2.24) is 9.55 Å². The second kappa shape index (κ2) is 15.8. The van der Waals surface area contributed by atoms with Crippen LogP contribution in [-0.4, -0.2) is 124 Å². The van der Waals surface area contributed by atoms with Crippen LogP contribution in [0.4, 0.5) is 0 Å². The Bertz CT molecular complexity index is 3230. The molecular weight excluding hydrogens is 770 g/mol. The standard InChI is InChI=1S/C47H46B12N2O3/c48-35-33(36(49)40(53)43(56)39(35)52)22-16-21(17-23(18-22)34-37(50)41(54)44(57)42(55)38(34)51)32-27-12-3-1-10-25(27)31(26-11-2-4-13-28(26)32)20-8-7-9-24(19-20)61-30-15-6-5-14-29(30)60-45(61)46(62,63)47(58,59)64/h1-19,62-64H,48-59H2. The summed E-state index contributed by atoms with van der Waals surface area (Å²) in [5, 5.41) is 36.6. The zero-order chi connectivity index (χ0) is 45.7. The maximum Gasteiger partial charge on any atom is 0.237 e. The molecule has 0 atom stereocenters. The molecule has 0 aliphatic rings. The van der Waals surface area contributed by atoms with Crippen LogP contribution in [-0.2, 0) is 5.79 Å². The molecule has 1 aromatic heterocycles. The van der Waals surface area contributed by atoms with E-state index in [1.165, 1.54) is 98.1 Å². The van der Waals surface area contributed by atoms with Crippen molar-refractivity contribution < 1.29 is 15.3 Å². The average Bonchev–Trinajstić information content (AvgIpc) is 3.68. The summed E-state index contributed by atoms with van der Waals surface area (Å²) >= 11 is 0.